The molecular weight excluding hydrogens is 446 g/mol. The van der Waals surface area contributed by atoms with Crippen LogP contribution in [0.5, 0.6) is 0 Å². The summed E-state index contributed by atoms with van der Waals surface area (Å²) in [7, 11) is 0. The molecule has 1 aromatic heterocycles. The maximum absolute atomic E-state index is 12.6. The molecule has 0 saturated carbocycles. The third kappa shape index (κ3) is 5.30. The average molecular weight is 470 g/mol. The molecule has 0 spiro atoms. The number of carboxylic acids is 1. The summed E-state index contributed by atoms with van der Waals surface area (Å²) in [5.41, 5.74) is 5.29. The number of benzene rings is 3. The summed E-state index contributed by atoms with van der Waals surface area (Å²) in [6.45, 7) is 1.56. The Hall–Kier alpha value is -4.03. The van der Waals surface area contributed by atoms with Crippen molar-refractivity contribution in [3.8, 4) is 22.3 Å². The van der Waals surface area contributed by atoms with E-state index in [4.69, 9.17) is 0 Å². The van der Waals surface area contributed by atoms with Crippen molar-refractivity contribution in [3.63, 3.8) is 0 Å². The molecule has 3 aromatic carbocycles. The predicted octanol–water partition coefficient (Wildman–Crippen LogP) is 5.88. The fraction of sp³-hybridized carbons (Fsp3) is 0.107. The van der Waals surface area contributed by atoms with Gasteiger partial charge in [-0.3, -0.25) is 14.4 Å². The van der Waals surface area contributed by atoms with Crippen molar-refractivity contribution in [2.24, 2.45) is 0 Å². The minimum Gasteiger partial charge on any atom is -0.481 e. The summed E-state index contributed by atoms with van der Waals surface area (Å²) in [6.07, 6.45) is 0. The molecule has 4 aromatic rings. The fourth-order valence-electron chi connectivity index (χ4n) is 3.67. The van der Waals surface area contributed by atoms with Gasteiger partial charge in [0, 0.05) is 12.1 Å². The first-order valence-electron chi connectivity index (χ1n) is 10.8. The number of aliphatic carboxylic acids is 1. The van der Waals surface area contributed by atoms with Gasteiger partial charge in [0.05, 0.1) is 10.8 Å². The van der Waals surface area contributed by atoms with E-state index in [2.05, 4.69) is 5.32 Å². The fourth-order valence-corrected chi connectivity index (χ4v) is 4.51. The smallest absolute Gasteiger partial charge is 0.312 e. The highest BCUT2D eigenvalue weighted by Crippen LogP contribution is 2.29. The van der Waals surface area contributed by atoms with Crippen LogP contribution in [0.1, 0.15) is 38.4 Å². The van der Waals surface area contributed by atoms with Crippen molar-refractivity contribution in [2.45, 2.75) is 12.8 Å². The van der Waals surface area contributed by atoms with E-state index >= 15 is 0 Å². The molecule has 0 bridgehead atoms. The zero-order valence-corrected chi connectivity index (χ0v) is 19.3. The Morgan fingerprint density at radius 3 is 1.94 bits per heavy atom. The first-order chi connectivity index (χ1) is 16.4. The standard InChI is InChI=1S/C28H23NO4S/c1-18(30)19-7-9-20(10-8-19)21-11-13-22(14-12-21)24-15-26(34-17-24)27(31)29-16-25(28(32)33)23-5-3-2-4-6-23/h2-15,17,25H,16H2,1H3,(H,29,31)(H,32,33). The van der Waals surface area contributed by atoms with E-state index < -0.39 is 11.9 Å². The number of nitrogens with one attached hydrogen (secondary N) is 1. The van der Waals surface area contributed by atoms with Crippen molar-refractivity contribution in [3.05, 3.63) is 106 Å². The van der Waals surface area contributed by atoms with Crippen molar-refractivity contribution in [1.29, 1.82) is 0 Å². The topological polar surface area (TPSA) is 83.5 Å². The van der Waals surface area contributed by atoms with Gasteiger partial charge in [-0.15, -0.1) is 11.3 Å². The Morgan fingerprint density at radius 2 is 1.38 bits per heavy atom. The van der Waals surface area contributed by atoms with E-state index in [1.165, 1.54) is 11.3 Å². The summed E-state index contributed by atoms with van der Waals surface area (Å²) >= 11 is 1.32. The molecule has 0 fully saturated rings. The molecule has 0 aliphatic carbocycles. The molecule has 170 valence electrons. The van der Waals surface area contributed by atoms with Crippen LogP contribution in [0.15, 0.2) is 90.3 Å². The molecule has 0 aliphatic rings. The number of carboxylic acid groups (broad SMARTS) is 1. The van der Waals surface area contributed by atoms with E-state index in [1.807, 2.05) is 66.0 Å². The van der Waals surface area contributed by atoms with Crippen LogP contribution in [0.4, 0.5) is 0 Å². The van der Waals surface area contributed by atoms with Crippen molar-refractivity contribution in [1.82, 2.24) is 5.32 Å². The van der Waals surface area contributed by atoms with Crippen LogP contribution in [0.3, 0.4) is 0 Å². The maximum atomic E-state index is 12.6. The Bertz CT molecular complexity index is 1310. The lowest BCUT2D eigenvalue weighted by Gasteiger charge is -2.13. The largest absolute Gasteiger partial charge is 0.481 e. The molecule has 34 heavy (non-hydrogen) atoms. The van der Waals surface area contributed by atoms with Crippen LogP contribution in [0.25, 0.3) is 22.3 Å². The zero-order valence-electron chi connectivity index (χ0n) is 18.5. The van der Waals surface area contributed by atoms with Gasteiger partial charge in [-0.25, -0.2) is 0 Å². The molecule has 1 amide bonds. The number of carbonyl (C=O) groups excluding carboxylic acids is 2. The third-order valence-electron chi connectivity index (χ3n) is 5.63. The van der Waals surface area contributed by atoms with E-state index in [1.54, 1.807) is 31.2 Å². The number of carbonyl (C=O) groups is 3. The highest BCUT2D eigenvalue weighted by Gasteiger charge is 2.21. The van der Waals surface area contributed by atoms with Gasteiger partial charge in [0.1, 0.15) is 0 Å². The molecule has 0 radical (unpaired) electrons. The minimum absolute atomic E-state index is 0.0164. The number of ketones is 1. The van der Waals surface area contributed by atoms with Gasteiger partial charge >= 0.3 is 5.97 Å². The molecule has 1 atom stereocenters. The number of Topliss-reactive ketones (excluding diaryl/α,β-unsaturated/α-hetero) is 1. The zero-order chi connectivity index (χ0) is 24.1. The Balaban J connectivity index is 1.43. The Labute approximate surface area is 201 Å². The third-order valence-corrected chi connectivity index (χ3v) is 6.56. The van der Waals surface area contributed by atoms with Gasteiger partial charge in [0.2, 0.25) is 0 Å². The van der Waals surface area contributed by atoms with Crippen LogP contribution in [-0.4, -0.2) is 29.3 Å². The van der Waals surface area contributed by atoms with E-state index in [0.29, 0.717) is 16.0 Å². The Kier molecular flexibility index (Phi) is 6.99. The quantitative estimate of drug-likeness (QED) is 0.316. The molecule has 0 aliphatic heterocycles. The lowest BCUT2D eigenvalue weighted by atomic mass is 9.99. The molecule has 2 N–H and O–H groups in total. The first kappa shape index (κ1) is 23.1. The lowest BCUT2D eigenvalue weighted by Crippen LogP contribution is -2.31. The number of hydrogen-bond acceptors (Lipinski definition) is 4. The predicted molar refractivity (Wildman–Crippen MR) is 134 cm³/mol. The number of hydrogen-bond donors (Lipinski definition) is 2. The van der Waals surface area contributed by atoms with Gasteiger partial charge < -0.3 is 10.4 Å². The average Bonchev–Trinajstić information content (AvgIpc) is 3.35. The molecule has 5 nitrogen and oxygen atoms in total. The van der Waals surface area contributed by atoms with Crippen molar-refractivity contribution < 1.29 is 19.5 Å². The molecule has 4 rings (SSSR count). The van der Waals surface area contributed by atoms with Gasteiger partial charge in [-0.1, -0.05) is 78.9 Å². The second-order valence-electron chi connectivity index (χ2n) is 7.92. The summed E-state index contributed by atoms with van der Waals surface area (Å²) in [5, 5.41) is 14.2. The molecule has 1 unspecified atom stereocenters. The summed E-state index contributed by atoms with van der Waals surface area (Å²) in [4.78, 5) is 36.3. The van der Waals surface area contributed by atoms with Crippen LogP contribution < -0.4 is 5.32 Å². The summed E-state index contributed by atoms with van der Waals surface area (Å²) in [6, 6.07) is 26.2. The van der Waals surface area contributed by atoms with E-state index in [0.717, 1.165) is 22.3 Å². The van der Waals surface area contributed by atoms with Gasteiger partial charge in [0.15, 0.2) is 5.78 Å². The summed E-state index contributed by atoms with van der Waals surface area (Å²) in [5.74, 6) is -2.03. The Morgan fingerprint density at radius 1 is 0.824 bits per heavy atom. The second kappa shape index (κ2) is 10.3. The van der Waals surface area contributed by atoms with Crippen LogP contribution in [-0.2, 0) is 4.79 Å². The number of thiophene rings is 1. The molecule has 1 heterocycles. The highest BCUT2D eigenvalue weighted by molar-refractivity contribution is 7.12. The van der Waals surface area contributed by atoms with E-state index in [9.17, 15) is 19.5 Å². The maximum Gasteiger partial charge on any atom is 0.312 e. The minimum atomic E-state index is -0.977. The monoisotopic (exact) mass is 469 g/mol. The molecular formula is C28H23NO4S. The van der Waals surface area contributed by atoms with Crippen LogP contribution in [0, 0.1) is 0 Å². The van der Waals surface area contributed by atoms with Gasteiger partial charge in [-0.05, 0) is 46.2 Å². The molecule has 6 heteroatoms. The molecule has 0 saturated heterocycles. The van der Waals surface area contributed by atoms with E-state index in [-0.39, 0.29) is 18.2 Å². The lowest BCUT2D eigenvalue weighted by molar-refractivity contribution is -0.138. The first-order valence-corrected chi connectivity index (χ1v) is 11.7. The highest BCUT2D eigenvalue weighted by atomic mass is 32.1. The van der Waals surface area contributed by atoms with Crippen molar-refractivity contribution in [2.75, 3.05) is 6.54 Å². The van der Waals surface area contributed by atoms with Gasteiger partial charge in [0.25, 0.3) is 5.91 Å². The summed E-state index contributed by atoms with van der Waals surface area (Å²) < 4.78 is 0. The van der Waals surface area contributed by atoms with Crippen LogP contribution >= 0.6 is 11.3 Å². The number of amides is 1. The number of rotatable bonds is 8. The van der Waals surface area contributed by atoms with Crippen molar-refractivity contribution >= 4 is 29.0 Å². The second-order valence-corrected chi connectivity index (χ2v) is 8.83. The van der Waals surface area contributed by atoms with Gasteiger partial charge in [-0.2, -0.15) is 0 Å². The normalized spacial score (nSPS) is 11.6. The van der Waals surface area contributed by atoms with Crippen LogP contribution in [0.2, 0.25) is 0 Å². The SMILES string of the molecule is CC(=O)c1ccc(-c2ccc(-c3csc(C(=O)NCC(C(=O)O)c4ccccc4)c3)cc2)cc1.